The van der Waals surface area contributed by atoms with Crippen LogP contribution in [-0.2, 0) is 0 Å². The molecule has 0 aromatic heterocycles. The first-order valence-corrected chi connectivity index (χ1v) is 8.20. The van der Waals surface area contributed by atoms with Crippen LogP contribution >= 0.6 is 11.8 Å². The number of thioether (sulfide) groups is 1. The second-order valence-electron chi connectivity index (χ2n) is 6.66. The van der Waals surface area contributed by atoms with Gasteiger partial charge in [0, 0.05) is 11.8 Å². The van der Waals surface area contributed by atoms with Crippen molar-refractivity contribution in [2.24, 2.45) is 11.3 Å². The van der Waals surface area contributed by atoms with Crippen molar-refractivity contribution >= 4 is 11.8 Å². The second-order valence-corrected chi connectivity index (χ2v) is 7.69. The Hall–Kier alpha value is 0.270. The molecule has 1 aliphatic carbocycles. The number of aliphatic hydroxyl groups excluding tert-OH is 1. The highest BCUT2D eigenvalue weighted by Gasteiger charge is 2.29. The van der Waals surface area contributed by atoms with Crippen LogP contribution in [0.1, 0.15) is 46.0 Å². The van der Waals surface area contributed by atoms with E-state index in [1.807, 2.05) is 0 Å². The average molecular weight is 257 g/mol. The highest BCUT2D eigenvalue weighted by atomic mass is 32.2. The molecule has 1 heterocycles. The summed E-state index contributed by atoms with van der Waals surface area (Å²) in [5.74, 6) is 3.38. The van der Waals surface area contributed by atoms with E-state index in [2.05, 4.69) is 30.9 Å². The Morgan fingerprint density at radius 3 is 2.59 bits per heavy atom. The molecule has 17 heavy (non-hydrogen) atoms. The van der Waals surface area contributed by atoms with Gasteiger partial charge in [-0.15, -0.1) is 0 Å². The molecule has 2 fully saturated rings. The maximum atomic E-state index is 9.49. The summed E-state index contributed by atoms with van der Waals surface area (Å²) in [6, 6.07) is 0.704. The monoisotopic (exact) mass is 257 g/mol. The predicted octanol–water partition coefficient (Wildman–Crippen LogP) is 2.66. The molecule has 1 saturated carbocycles. The number of hydrogen-bond donors (Lipinski definition) is 2. The van der Waals surface area contributed by atoms with Crippen molar-refractivity contribution < 1.29 is 5.11 Å². The Balaban J connectivity index is 1.68. The molecule has 0 aromatic carbocycles. The second kappa shape index (κ2) is 5.94. The van der Waals surface area contributed by atoms with Gasteiger partial charge in [-0.3, -0.25) is 0 Å². The zero-order valence-corrected chi connectivity index (χ0v) is 12.1. The van der Waals surface area contributed by atoms with Crippen molar-refractivity contribution in [3.63, 3.8) is 0 Å². The molecule has 1 unspecified atom stereocenters. The number of hydrogen-bond acceptors (Lipinski definition) is 3. The lowest BCUT2D eigenvalue weighted by molar-refractivity contribution is 0.107. The first-order chi connectivity index (χ1) is 8.05. The summed E-state index contributed by atoms with van der Waals surface area (Å²) in [6.07, 6.45) is 5.73. The van der Waals surface area contributed by atoms with Gasteiger partial charge in [0.15, 0.2) is 0 Å². The van der Waals surface area contributed by atoms with Crippen molar-refractivity contribution in [1.82, 2.24) is 5.32 Å². The maximum absolute atomic E-state index is 9.49. The molecule has 1 saturated heterocycles. The lowest BCUT2D eigenvalue weighted by Crippen LogP contribution is -2.42. The van der Waals surface area contributed by atoms with Gasteiger partial charge in [-0.1, -0.05) is 13.8 Å². The van der Waals surface area contributed by atoms with E-state index in [4.69, 9.17) is 0 Å². The minimum Gasteiger partial charge on any atom is -0.393 e. The smallest absolute Gasteiger partial charge is 0.0540 e. The van der Waals surface area contributed by atoms with Gasteiger partial charge >= 0.3 is 0 Å². The van der Waals surface area contributed by atoms with E-state index in [1.54, 1.807) is 0 Å². The van der Waals surface area contributed by atoms with Gasteiger partial charge in [0.05, 0.1) is 6.10 Å². The summed E-state index contributed by atoms with van der Waals surface area (Å²) < 4.78 is 0. The molecule has 1 aliphatic heterocycles. The van der Waals surface area contributed by atoms with E-state index in [9.17, 15) is 5.11 Å². The zero-order chi connectivity index (χ0) is 12.3. The van der Waals surface area contributed by atoms with Crippen molar-refractivity contribution in [2.45, 2.75) is 58.1 Å². The van der Waals surface area contributed by atoms with Crippen molar-refractivity contribution in [1.29, 1.82) is 0 Å². The number of rotatable bonds is 3. The number of nitrogens with one attached hydrogen (secondary N) is 1. The van der Waals surface area contributed by atoms with E-state index in [-0.39, 0.29) is 6.10 Å². The molecule has 3 heteroatoms. The topological polar surface area (TPSA) is 32.3 Å². The molecule has 0 aromatic rings. The largest absolute Gasteiger partial charge is 0.393 e. The molecule has 0 radical (unpaired) electrons. The summed E-state index contributed by atoms with van der Waals surface area (Å²) in [5.41, 5.74) is 0.503. The third-order valence-corrected chi connectivity index (χ3v) is 5.75. The fourth-order valence-electron chi connectivity index (χ4n) is 3.08. The van der Waals surface area contributed by atoms with Crippen molar-refractivity contribution in [3.05, 3.63) is 0 Å². The molecular formula is C14H27NOS. The summed E-state index contributed by atoms with van der Waals surface area (Å²) in [5, 5.41) is 13.2. The maximum Gasteiger partial charge on any atom is 0.0540 e. The van der Waals surface area contributed by atoms with Gasteiger partial charge in [0.1, 0.15) is 0 Å². The van der Waals surface area contributed by atoms with Crippen molar-refractivity contribution in [3.8, 4) is 0 Å². The van der Waals surface area contributed by atoms with Crippen LogP contribution in [0.25, 0.3) is 0 Å². The highest BCUT2D eigenvalue weighted by Crippen LogP contribution is 2.33. The lowest BCUT2D eigenvalue weighted by Gasteiger charge is -2.36. The SMILES string of the molecule is CC1(C)CSCC(NCC2CCC(O)CC2)C1. The molecule has 100 valence electrons. The van der Waals surface area contributed by atoms with Crippen LogP contribution in [0.2, 0.25) is 0 Å². The van der Waals surface area contributed by atoms with E-state index in [0.717, 1.165) is 25.3 Å². The molecule has 2 nitrogen and oxygen atoms in total. The summed E-state index contributed by atoms with van der Waals surface area (Å²) in [7, 11) is 0. The van der Waals surface area contributed by atoms with Crippen LogP contribution in [0, 0.1) is 11.3 Å². The average Bonchev–Trinajstić information content (AvgIpc) is 2.27. The minimum atomic E-state index is -0.0181. The highest BCUT2D eigenvalue weighted by molar-refractivity contribution is 7.99. The van der Waals surface area contributed by atoms with Gasteiger partial charge in [-0.25, -0.2) is 0 Å². The molecule has 0 spiro atoms. The van der Waals surface area contributed by atoms with Gasteiger partial charge < -0.3 is 10.4 Å². The van der Waals surface area contributed by atoms with Crippen LogP contribution in [0.4, 0.5) is 0 Å². The fraction of sp³-hybridized carbons (Fsp3) is 1.00. The summed E-state index contributed by atoms with van der Waals surface area (Å²) >= 11 is 2.09. The third kappa shape index (κ3) is 4.46. The molecule has 0 amide bonds. The van der Waals surface area contributed by atoms with Crippen LogP contribution in [0.3, 0.4) is 0 Å². The lowest BCUT2D eigenvalue weighted by atomic mass is 9.86. The molecule has 2 aliphatic rings. The first kappa shape index (κ1) is 13.7. The van der Waals surface area contributed by atoms with Crippen LogP contribution in [-0.4, -0.2) is 35.3 Å². The van der Waals surface area contributed by atoms with E-state index >= 15 is 0 Å². The van der Waals surface area contributed by atoms with Gasteiger partial charge in [0.2, 0.25) is 0 Å². The molecule has 2 N–H and O–H groups in total. The Bertz CT molecular complexity index is 236. The standard InChI is InChI=1S/C14H27NOS/c1-14(2)7-12(9-17-10-14)15-8-11-3-5-13(16)6-4-11/h11-13,15-16H,3-10H2,1-2H3. The van der Waals surface area contributed by atoms with E-state index in [0.29, 0.717) is 11.5 Å². The van der Waals surface area contributed by atoms with Crippen LogP contribution in [0.15, 0.2) is 0 Å². The van der Waals surface area contributed by atoms with E-state index in [1.165, 1.54) is 30.8 Å². The quantitative estimate of drug-likeness (QED) is 0.815. The Morgan fingerprint density at radius 2 is 1.94 bits per heavy atom. The minimum absolute atomic E-state index is 0.0181. The van der Waals surface area contributed by atoms with Crippen LogP contribution in [0.5, 0.6) is 0 Å². The molecule has 2 rings (SSSR count). The number of aliphatic hydroxyl groups is 1. The normalized spacial score (nSPS) is 37.9. The van der Waals surface area contributed by atoms with E-state index < -0.39 is 0 Å². The van der Waals surface area contributed by atoms with Gasteiger partial charge in [0.25, 0.3) is 0 Å². The first-order valence-electron chi connectivity index (χ1n) is 7.04. The Labute approximate surface area is 110 Å². The summed E-state index contributed by atoms with van der Waals surface area (Å²) in [4.78, 5) is 0. The van der Waals surface area contributed by atoms with Gasteiger partial charge in [-0.2, -0.15) is 11.8 Å². The van der Waals surface area contributed by atoms with Gasteiger partial charge in [-0.05, 0) is 55.7 Å². The van der Waals surface area contributed by atoms with Crippen LogP contribution < -0.4 is 5.32 Å². The summed E-state index contributed by atoms with van der Waals surface area (Å²) in [6.45, 7) is 5.92. The fourth-order valence-corrected chi connectivity index (χ4v) is 4.38. The molecule has 1 atom stereocenters. The Kier molecular flexibility index (Phi) is 4.79. The Morgan fingerprint density at radius 1 is 1.24 bits per heavy atom. The molecule has 0 bridgehead atoms. The predicted molar refractivity (Wildman–Crippen MR) is 75.5 cm³/mol. The zero-order valence-electron chi connectivity index (χ0n) is 11.2. The third-order valence-electron chi connectivity index (χ3n) is 4.12. The van der Waals surface area contributed by atoms with Crippen molar-refractivity contribution in [2.75, 3.05) is 18.1 Å². The molecular weight excluding hydrogens is 230 g/mol.